The summed E-state index contributed by atoms with van der Waals surface area (Å²) < 4.78 is 29.8. The molecule has 1 aliphatic heterocycles. The van der Waals surface area contributed by atoms with E-state index in [4.69, 9.17) is 9.84 Å². The Bertz CT molecular complexity index is 548. The second-order valence-electron chi connectivity index (χ2n) is 6.71. The lowest BCUT2D eigenvalue weighted by molar-refractivity contribution is -0.142. The summed E-state index contributed by atoms with van der Waals surface area (Å²) in [4.78, 5) is 24.9. The van der Waals surface area contributed by atoms with Gasteiger partial charge in [-0.3, -0.25) is 9.59 Å². The summed E-state index contributed by atoms with van der Waals surface area (Å²) in [6, 6.07) is 0. The van der Waals surface area contributed by atoms with Crippen molar-refractivity contribution in [3.8, 4) is 0 Å². The maximum absolute atomic E-state index is 12.4. The largest absolute Gasteiger partial charge is 0.480 e. The van der Waals surface area contributed by atoms with Gasteiger partial charge >= 0.3 is 5.97 Å². The number of amides is 1. The summed E-state index contributed by atoms with van der Waals surface area (Å²) in [5, 5.41) is 8.86. The molecule has 140 valence electrons. The summed E-state index contributed by atoms with van der Waals surface area (Å²) in [7, 11) is -3.66. The lowest BCUT2D eigenvalue weighted by Crippen LogP contribution is -2.51. The molecule has 1 amide bonds. The molecule has 2 unspecified atom stereocenters. The van der Waals surface area contributed by atoms with Crippen molar-refractivity contribution < 1.29 is 27.9 Å². The van der Waals surface area contributed by atoms with Crippen molar-refractivity contribution in [2.24, 2.45) is 11.8 Å². The van der Waals surface area contributed by atoms with Gasteiger partial charge in [-0.05, 0) is 11.8 Å². The SMILES string of the molecule is CC(C)C(C)CC(=O)N1CCOC(CN(CC(=O)O)S(C)(=O)=O)C1. The van der Waals surface area contributed by atoms with Crippen LogP contribution < -0.4 is 0 Å². The Morgan fingerprint density at radius 3 is 2.46 bits per heavy atom. The van der Waals surface area contributed by atoms with Gasteiger partial charge in [0.15, 0.2) is 0 Å². The first-order chi connectivity index (χ1) is 11.0. The average Bonchev–Trinajstić information content (AvgIpc) is 2.45. The van der Waals surface area contributed by atoms with E-state index >= 15 is 0 Å². The maximum atomic E-state index is 12.4. The van der Waals surface area contributed by atoms with Crippen LogP contribution >= 0.6 is 0 Å². The van der Waals surface area contributed by atoms with Crippen LogP contribution in [0.25, 0.3) is 0 Å². The number of hydrogen-bond donors (Lipinski definition) is 1. The Kier molecular flexibility index (Phi) is 7.62. The molecule has 0 bridgehead atoms. The normalized spacial score (nSPS) is 20.4. The highest BCUT2D eigenvalue weighted by atomic mass is 32.2. The number of sulfonamides is 1. The lowest BCUT2D eigenvalue weighted by atomic mass is 9.94. The number of carboxylic acid groups (broad SMARTS) is 1. The molecule has 9 heteroatoms. The van der Waals surface area contributed by atoms with E-state index in [1.807, 2.05) is 6.92 Å². The molecule has 1 N–H and O–H groups in total. The van der Waals surface area contributed by atoms with Gasteiger partial charge in [0, 0.05) is 26.1 Å². The van der Waals surface area contributed by atoms with E-state index < -0.39 is 28.6 Å². The van der Waals surface area contributed by atoms with Gasteiger partial charge in [-0.15, -0.1) is 0 Å². The molecule has 1 rings (SSSR count). The highest BCUT2D eigenvalue weighted by molar-refractivity contribution is 7.88. The fourth-order valence-corrected chi connectivity index (χ4v) is 3.17. The predicted molar refractivity (Wildman–Crippen MR) is 89.0 cm³/mol. The fourth-order valence-electron chi connectivity index (χ4n) is 2.39. The molecular formula is C15H28N2O6S. The van der Waals surface area contributed by atoms with Crippen LogP contribution in [0, 0.1) is 11.8 Å². The van der Waals surface area contributed by atoms with Gasteiger partial charge in [0.25, 0.3) is 0 Å². The number of nitrogens with zero attached hydrogens (tertiary/aromatic N) is 2. The van der Waals surface area contributed by atoms with Crippen molar-refractivity contribution in [1.29, 1.82) is 0 Å². The molecule has 0 aromatic heterocycles. The van der Waals surface area contributed by atoms with Crippen LogP contribution in [-0.2, 0) is 24.3 Å². The first-order valence-electron chi connectivity index (χ1n) is 8.07. The zero-order chi connectivity index (χ0) is 18.5. The van der Waals surface area contributed by atoms with Crippen LogP contribution in [0.5, 0.6) is 0 Å². The number of morpholine rings is 1. The van der Waals surface area contributed by atoms with Crippen molar-refractivity contribution in [3.05, 3.63) is 0 Å². The summed E-state index contributed by atoms with van der Waals surface area (Å²) in [5.41, 5.74) is 0. The van der Waals surface area contributed by atoms with Crippen LogP contribution in [0.4, 0.5) is 0 Å². The minimum Gasteiger partial charge on any atom is -0.480 e. The predicted octanol–water partition coefficient (Wildman–Crippen LogP) is 0.242. The Balaban J connectivity index is 2.67. The smallest absolute Gasteiger partial charge is 0.318 e. The van der Waals surface area contributed by atoms with Gasteiger partial charge in [0.2, 0.25) is 15.9 Å². The summed E-state index contributed by atoms with van der Waals surface area (Å²) in [6.07, 6.45) is 0.882. The van der Waals surface area contributed by atoms with Crippen LogP contribution in [0.3, 0.4) is 0 Å². The van der Waals surface area contributed by atoms with E-state index in [1.165, 1.54) is 0 Å². The van der Waals surface area contributed by atoms with Crippen LogP contribution in [-0.4, -0.2) is 79.8 Å². The molecule has 0 aromatic rings. The third kappa shape index (κ3) is 6.74. The number of carbonyl (C=O) groups excluding carboxylic acids is 1. The lowest BCUT2D eigenvalue weighted by Gasteiger charge is -2.35. The van der Waals surface area contributed by atoms with E-state index in [0.29, 0.717) is 25.5 Å². The fraction of sp³-hybridized carbons (Fsp3) is 0.867. The minimum absolute atomic E-state index is 0.0219. The molecule has 24 heavy (non-hydrogen) atoms. The first-order valence-corrected chi connectivity index (χ1v) is 9.91. The van der Waals surface area contributed by atoms with Gasteiger partial charge < -0.3 is 14.7 Å². The highest BCUT2D eigenvalue weighted by Crippen LogP contribution is 2.17. The molecule has 0 aromatic carbocycles. The van der Waals surface area contributed by atoms with Gasteiger partial charge in [0.1, 0.15) is 6.54 Å². The van der Waals surface area contributed by atoms with Crippen LogP contribution in [0.2, 0.25) is 0 Å². The number of aliphatic carboxylic acids is 1. The third-order valence-corrected chi connectivity index (χ3v) is 5.53. The molecule has 0 radical (unpaired) electrons. The monoisotopic (exact) mass is 364 g/mol. The second kappa shape index (κ2) is 8.77. The molecule has 0 aliphatic carbocycles. The molecule has 0 spiro atoms. The van der Waals surface area contributed by atoms with Crippen molar-refractivity contribution in [1.82, 2.24) is 9.21 Å². The highest BCUT2D eigenvalue weighted by Gasteiger charge is 2.30. The molecule has 2 atom stereocenters. The molecule has 8 nitrogen and oxygen atoms in total. The Morgan fingerprint density at radius 2 is 1.96 bits per heavy atom. The van der Waals surface area contributed by atoms with Gasteiger partial charge in [0.05, 0.1) is 19.0 Å². The zero-order valence-corrected chi connectivity index (χ0v) is 15.6. The van der Waals surface area contributed by atoms with Crippen LogP contribution in [0.1, 0.15) is 27.2 Å². The molecule has 1 aliphatic rings. The van der Waals surface area contributed by atoms with E-state index in [9.17, 15) is 18.0 Å². The summed E-state index contributed by atoms with van der Waals surface area (Å²) in [5.74, 6) is -0.538. The summed E-state index contributed by atoms with van der Waals surface area (Å²) >= 11 is 0. The second-order valence-corrected chi connectivity index (χ2v) is 8.69. The summed E-state index contributed by atoms with van der Waals surface area (Å²) in [6.45, 7) is 6.53. The van der Waals surface area contributed by atoms with Gasteiger partial charge in [-0.25, -0.2) is 8.42 Å². The van der Waals surface area contributed by atoms with E-state index in [-0.39, 0.29) is 24.9 Å². The number of rotatable bonds is 8. The minimum atomic E-state index is -3.66. The molecule has 1 saturated heterocycles. The van der Waals surface area contributed by atoms with E-state index in [0.717, 1.165) is 10.6 Å². The third-order valence-electron chi connectivity index (χ3n) is 4.31. The Labute approximate surface area is 143 Å². The van der Waals surface area contributed by atoms with E-state index in [2.05, 4.69) is 13.8 Å². The standard InChI is InChI=1S/C15H28N2O6S/c1-11(2)12(3)7-14(18)16-5-6-23-13(8-16)9-17(10-15(19)20)24(4,21)22/h11-13H,5-10H2,1-4H3,(H,19,20). The van der Waals surface area contributed by atoms with Gasteiger partial charge in [-0.1, -0.05) is 20.8 Å². The van der Waals surface area contributed by atoms with Crippen molar-refractivity contribution in [3.63, 3.8) is 0 Å². The average molecular weight is 364 g/mol. The molecule has 1 fully saturated rings. The molecule has 0 saturated carbocycles. The zero-order valence-electron chi connectivity index (χ0n) is 14.8. The van der Waals surface area contributed by atoms with E-state index in [1.54, 1.807) is 4.90 Å². The Hall–Kier alpha value is -1.19. The first kappa shape index (κ1) is 20.9. The van der Waals surface area contributed by atoms with Crippen molar-refractivity contribution in [2.45, 2.75) is 33.3 Å². The molecular weight excluding hydrogens is 336 g/mol. The molecule has 1 heterocycles. The van der Waals surface area contributed by atoms with Gasteiger partial charge in [-0.2, -0.15) is 4.31 Å². The number of hydrogen-bond acceptors (Lipinski definition) is 5. The van der Waals surface area contributed by atoms with Crippen molar-refractivity contribution >= 4 is 21.9 Å². The number of carbonyl (C=O) groups is 2. The topological polar surface area (TPSA) is 104 Å². The number of carboxylic acids is 1. The number of ether oxygens (including phenoxy) is 1. The Morgan fingerprint density at radius 1 is 1.33 bits per heavy atom. The maximum Gasteiger partial charge on any atom is 0.318 e. The van der Waals surface area contributed by atoms with Crippen molar-refractivity contribution in [2.75, 3.05) is 39.0 Å². The van der Waals surface area contributed by atoms with Crippen LogP contribution in [0.15, 0.2) is 0 Å². The quantitative estimate of drug-likeness (QED) is 0.662.